The Kier molecular flexibility index (Phi) is 11.2. The van der Waals surface area contributed by atoms with Crippen molar-refractivity contribution >= 4 is 23.0 Å². The van der Waals surface area contributed by atoms with E-state index in [1.54, 1.807) is 0 Å². The van der Waals surface area contributed by atoms with Crippen LogP contribution in [0.25, 0.3) is 22.2 Å². The van der Waals surface area contributed by atoms with Crippen molar-refractivity contribution in [1.29, 1.82) is 0 Å². The zero-order chi connectivity index (χ0) is 36.6. The molecule has 0 spiro atoms. The van der Waals surface area contributed by atoms with Crippen LogP contribution < -0.4 is 10.6 Å². The summed E-state index contributed by atoms with van der Waals surface area (Å²) in [6, 6.07) is 40.3. The van der Waals surface area contributed by atoms with E-state index in [-0.39, 0.29) is 25.4 Å². The van der Waals surface area contributed by atoms with E-state index in [1.807, 2.05) is 128 Å². The van der Waals surface area contributed by atoms with Crippen LogP contribution in [0.5, 0.6) is 0 Å². The lowest BCUT2D eigenvalue weighted by molar-refractivity contribution is -0.252. The van der Waals surface area contributed by atoms with Gasteiger partial charge in [-0.15, -0.1) is 0 Å². The summed E-state index contributed by atoms with van der Waals surface area (Å²) in [4.78, 5) is 29.8. The molecule has 6 aromatic rings. The van der Waals surface area contributed by atoms with E-state index in [4.69, 9.17) is 14.2 Å². The normalized spacial score (nSPS) is 17.6. The number of methoxy groups -OCH3 is 1. The number of nitrogens with zero attached hydrogens (tertiary/aromatic N) is 2. The molecule has 5 aromatic carbocycles. The highest BCUT2D eigenvalue weighted by Gasteiger charge is 2.32. The summed E-state index contributed by atoms with van der Waals surface area (Å²) in [5, 5.41) is 15.2. The smallest absolute Gasteiger partial charge is 0.328 e. The van der Waals surface area contributed by atoms with Gasteiger partial charge in [-0.05, 0) is 51.6 Å². The molecule has 2 heterocycles. The molecule has 0 saturated carbocycles. The molecule has 0 aliphatic carbocycles. The van der Waals surface area contributed by atoms with Crippen molar-refractivity contribution in [3.8, 4) is 11.1 Å². The standard InChI is InChI=1S/C43H42N4O6/c1-51-41(49)38(23-29-8-3-2-4-9-29)46-43(50)44-25-31-10-7-11-35(22-31)32-18-20-34(21-19-32)42-52-36(26-47-28-45-37-12-5-6-13-39(37)47)24-40(53-42)33-16-14-30(27-48)15-17-33/h2-22,28,36,38,40,42,48H,23-27H2,1H3,(H2,44,46,50)/t36-,38-,40+,42+/m0/s1. The molecule has 1 fully saturated rings. The second-order valence-corrected chi connectivity index (χ2v) is 13.2. The molecular weight excluding hydrogens is 668 g/mol. The molecule has 1 aliphatic heterocycles. The molecule has 0 radical (unpaired) electrons. The lowest BCUT2D eigenvalue weighted by Gasteiger charge is -2.36. The van der Waals surface area contributed by atoms with E-state index in [0.29, 0.717) is 19.4 Å². The largest absolute Gasteiger partial charge is 0.467 e. The fraction of sp³-hybridized carbons (Fsp3) is 0.233. The summed E-state index contributed by atoms with van der Waals surface area (Å²) in [6.07, 6.45) is 1.91. The Morgan fingerprint density at radius 2 is 1.57 bits per heavy atom. The van der Waals surface area contributed by atoms with Crippen molar-refractivity contribution in [3.63, 3.8) is 0 Å². The predicted molar refractivity (Wildman–Crippen MR) is 201 cm³/mol. The van der Waals surface area contributed by atoms with Crippen LogP contribution >= 0.6 is 0 Å². The molecule has 0 bridgehead atoms. The second-order valence-electron chi connectivity index (χ2n) is 13.2. The third-order valence-electron chi connectivity index (χ3n) is 9.51. The number of carbonyl (C=O) groups excluding carboxylic acids is 2. The van der Waals surface area contributed by atoms with Gasteiger partial charge in [-0.1, -0.05) is 109 Å². The quantitative estimate of drug-likeness (QED) is 0.117. The zero-order valence-corrected chi connectivity index (χ0v) is 29.4. The van der Waals surface area contributed by atoms with Crippen LogP contribution in [0.15, 0.2) is 134 Å². The number of fused-ring (bicyclic) bond motifs is 1. The van der Waals surface area contributed by atoms with Crippen molar-refractivity contribution in [2.75, 3.05) is 7.11 Å². The molecule has 53 heavy (non-hydrogen) atoms. The third kappa shape index (κ3) is 8.81. The first-order valence-electron chi connectivity index (χ1n) is 17.7. The van der Waals surface area contributed by atoms with E-state index < -0.39 is 24.3 Å². The lowest BCUT2D eigenvalue weighted by Crippen LogP contribution is -2.47. The van der Waals surface area contributed by atoms with Crippen LogP contribution in [0.4, 0.5) is 4.79 Å². The van der Waals surface area contributed by atoms with Crippen LogP contribution in [0.2, 0.25) is 0 Å². The van der Waals surface area contributed by atoms with Crippen LogP contribution in [0, 0.1) is 0 Å². The average Bonchev–Trinajstić information content (AvgIpc) is 3.62. The number of para-hydroxylation sites is 2. The number of nitrogens with one attached hydrogen (secondary N) is 2. The van der Waals surface area contributed by atoms with Gasteiger partial charge in [-0.3, -0.25) is 0 Å². The van der Waals surface area contributed by atoms with Gasteiger partial charge in [0.05, 0.1) is 49.8 Å². The highest BCUT2D eigenvalue weighted by molar-refractivity contribution is 5.83. The highest BCUT2D eigenvalue weighted by atomic mass is 16.7. The SMILES string of the molecule is COC(=O)[C@H](Cc1ccccc1)NC(=O)NCc1cccc(-c2ccc([C@@H]3O[C@H](Cn4cnc5ccccc54)C[C@H](c4ccc(CO)cc4)O3)cc2)c1. The third-order valence-corrected chi connectivity index (χ3v) is 9.51. The molecule has 1 saturated heterocycles. The summed E-state index contributed by atoms with van der Waals surface area (Å²) < 4.78 is 20.2. The van der Waals surface area contributed by atoms with Gasteiger partial charge in [0, 0.05) is 24.9 Å². The summed E-state index contributed by atoms with van der Waals surface area (Å²) >= 11 is 0. The Hall–Kier alpha value is -5.81. The molecule has 4 atom stereocenters. The molecule has 10 heteroatoms. The first kappa shape index (κ1) is 35.6. The van der Waals surface area contributed by atoms with E-state index in [1.165, 1.54) is 7.11 Å². The summed E-state index contributed by atoms with van der Waals surface area (Å²) in [7, 11) is 1.31. The number of hydrogen-bond donors (Lipinski definition) is 3. The fourth-order valence-corrected chi connectivity index (χ4v) is 6.68. The second kappa shape index (κ2) is 16.7. The minimum absolute atomic E-state index is 0.0123. The Morgan fingerprint density at radius 3 is 2.34 bits per heavy atom. The number of imidazole rings is 1. The number of benzene rings is 5. The van der Waals surface area contributed by atoms with Gasteiger partial charge >= 0.3 is 12.0 Å². The number of rotatable bonds is 12. The number of esters is 1. The Labute approximate surface area is 308 Å². The molecule has 2 amide bonds. The number of aliphatic hydroxyl groups is 1. The monoisotopic (exact) mass is 710 g/mol. The maximum Gasteiger partial charge on any atom is 0.328 e. The minimum atomic E-state index is -0.812. The average molecular weight is 711 g/mol. The molecule has 270 valence electrons. The highest BCUT2D eigenvalue weighted by Crippen LogP contribution is 2.39. The summed E-state index contributed by atoms with van der Waals surface area (Å²) in [5.41, 5.74) is 8.59. The number of urea groups is 1. The van der Waals surface area contributed by atoms with Crippen LogP contribution in [0.3, 0.4) is 0 Å². The van der Waals surface area contributed by atoms with Crippen molar-refractivity contribution in [2.24, 2.45) is 0 Å². The molecule has 10 nitrogen and oxygen atoms in total. The number of aliphatic hydroxyl groups excluding tert-OH is 1. The fourth-order valence-electron chi connectivity index (χ4n) is 6.68. The number of hydrogen-bond acceptors (Lipinski definition) is 7. The first-order chi connectivity index (χ1) is 25.9. The van der Waals surface area contributed by atoms with Crippen molar-refractivity contribution in [3.05, 3.63) is 162 Å². The molecule has 1 aliphatic rings. The first-order valence-corrected chi connectivity index (χ1v) is 17.7. The van der Waals surface area contributed by atoms with E-state index in [9.17, 15) is 14.7 Å². The maximum atomic E-state index is 12.8. The van der Waals surface area contributed by atoms with Crippen LogP contribution in [-0.4, -0.2) is 45.9 Å². The topological polar surface area (TPSA) is 124 Å². The minimum Gasteiger partial charge on any atom is -0.467 e. The van der Waals surface area contributed by atoms with Gasteiger partial charge in [-0.2, -0.15) is 0 Å². The molecular formula is C43H42N4O6. The van der Waals surface area contributed by atoms with E-state index >= 15 is 0 Å². The molecule has 3 N–H and O–H groups in total. The zero-order valence-electron chi connectivity index (χ0n) is 29.4. The van der Waals surface area contributed by atoms with Gasteiger partial charge < -0.3 is 34.5 Å². The van der Waals surface area contributed by atoms with Crippen molar-refractivity contribution in [1.82, 2.24) is 20.2 Å². The van der Waals surface area contributed by atoms with Gasteiger partial charge in [0.2, 0.25) is 0 Å². The molecule has 7 rings (SSSR count). The number of ether oxygens (including phenoxy) is 3. The van der Waals surface area contributed by atoms with Gasteiger partial charge in [0.25, 0.3) is 0 Å². The maximum absolute atomic E-state index is 12.8. The molecule has 1 aromatic heterocycles. The van der Waals surface area contributed by atoms with Gasteiger partial charge in [-0.25, -0.2) is 14.6 Å². The summed E-state index contributed by atoms with van der Waals surface area (Å²) in [5.74, 6) is -0.506. The van der Waals surface area contributed by atoms with E-state index in [0.717, 1.165) is 50.0 Å². The van der Waals surface area contributed by atoms with Crippen LogP contribution in [0.1, 0.15) is 46.6 Å². The van der Waals surface area contributed by atoms with Crippen molar-refractivity contribution in [2.45, 2.75) is 57.1 Å². The Balaban J connectivity index is 1.03. The predicted octanol–water partition coefficient (Wildman–Crippen LogP) is 7.02. The number of aromatic nitrogens is 2. The van der Waals surface area contributed by atoms with Gasteiger partial charge in [0.15, 0.2) is 6.29 Å². The van der Waals surface area contributed by atoms with E-state index in [2.05, 4.69) is 26.3 Å². The molecule has 0 unspecified atom stereocenters. The van der Waals surface area contributed by atoms with Crippen molar-refractivity contribution < 1.29 is 28.9 Å². The Bertz CT molecular complexity index is 2130. The Morgan fingerprint density at radius 1 is 0.830 bits per heavy atom. The van der Waals surface area contributed by atoms with Gasteiger partial charge in [0.1, 0.15) is 6.04 Å². The number of carbonyl (C=O) groups is 2. The number of amides is 2. The summed E-state index contributed by atoms with van der Waals surface area (Å²) in [6.45, 7) is 0.884. The van der Waals surface area contributed by atoms with Crippen LogP contribution in [-0.2, 0) is 45.1 Å². The lowest BCUT2D eigenvalue weighted by atomic mass is 9.99.